The van der Waals surface area contributed by atoms with E-state index in [2.05, 4.69) is 45.2 Å². The lowest BCUT2D eigenvalue weighted by molar-refractivity contribution is -0.139. The van der Waals surface area contributed by atoms with Crippen LogP contribution in [0.3, 0.4) is 0 Å². The fraction of sp³-hybridized carbons (Fsp3) is 0.147. The van der Waals surface area contributed by atoms with E-state index in [9.17, 15) is 9.59 Å². The zero-order valence-corrected chi connectivity index (χ0v) is 25.4. The van der Waals surface area contributed by atoms with E-state index in [1.807, 2.05) is 72.8 Å². The van der Waals surface area contributed by atoms with Crippen molar-refractivity contribution < 1.29 is 14.3 Å². The van der Waals surface area contributed by atoms with Gasteiger partial charge in [0.05, 0.1) is 28.5 Å². The minimum atomic E-state index is -0.647. The predicted octanol–water partition coefficient (Wildman–Crippen LogP) is 6.29. The smallest absolute Gasteiger partial charge is 0.338 e. The Morgan fingerprint density at radius 1 is 1.02 bits per heavy atom. The maximum absolute atomic E-state index is 13.9. The van der Waals surface area contributed by atoms with Crippen LogP contribution >= 0.6 is 27.3 Å². The molecule has 42 heavy (non-hydrogen) atoms. The van der Waals surface area contributed by atoms with Crippen LogP contribution in [0.5, 0.6) is 5.75 Å². The van der Waals surface area contributed by atoms with E-state index in [0.29, 0.717) is 33.0 Å². The van der Waals surface area contributed by atoms with Crippen LogP contribution in [0.1, 0.15) is 36.6 Å². The summed E-state index contributed by atoms with van der Waals surface area (Å²) < 4.78 is 14.6. The van der Waals surface area contributed by atoms with Gasteiger partial charge in [0, 0.05) is 4.47 Å². The first-order chi connectivity index (χ1) is 20.4. The standard InChI is InChI=1S/C34H27BrN2O4S/c1-3-40-33(39)30-21(2)36-34-37(31(30)24-14-16-26(35)17-15-24)32(38)29(42-34)19-22-8-6-12-27(18-22)41-20-25-11-7-10-23-9-4-5-13-28(23)25/h4-19,31H,3,20H2,1-2H3/b29-19-/t31-/m0/s1. The van der Waals surface area contributed by atoms with Gasteiger partial charge in [-0.05, 0) is 71.7 Å². The Kier molecular flexibility index (Phi) is 7.91. The highest BCUT2D eigenvalue weighted by Crippen LogP contribution is 2.31. The SMILES string of the molecule is CCOC(=O)C1=C(C)N=c2s/c(=C\c3cccc(OCc4cccc5ccccc45)c3)c(=O)n2[C@H]1c1ccc(Br)cc1. The lowest BCUT2D eigenvalue weighted by Gasteiger charge is -2.24. The molecule has 0 N–H and O–H groups in total. The zero-order valence-electron chi connectivity index (χ0n) is 23.0. The van der Waals surface area contributed by atoms with Gasteiger partial charge >= 0.3 is 5.97 Å². The van der Waals surface area contributed by atoms with Gasteiger partial charge in [-0.1, -0.05) is 94.0 Å². The molecule has 0 spiro atoms. The summed E-state index contributed by atoms with van der Waals surface area (Å²) in [7, 11) is 0. The summed E-state index contributed by atoms with van der Waals surface area (Å²) in [5, 5.41) is 2.33. The number of aromatic nitrogens is 1. The molecule has 0 fully saturated rings. The van der Waals surface area contributed by atoms with Crippen molar-refractivity contribution in [2.75, 3.05) is 6.61 Å². The second-order valence-corrected chi connectivity index (χ2v) is 11.8. The van der Waals surface area contributed by atoms with Crippen LogP contribution < -0.4 is 19.6 Å². The third-order valence-corrected chi connectivity index (χ3v) is 8.64. The topological polar surface area (TPSA) is 69.9 Å². The van der Waals surface area contributed by atoms with Crippen molar-refractivity contribution in [1.29, 1.82) is 0 Å². The minimum Gasteiger partial charge on any atom is -0.489 e. The maximum atomic E-state index is 13.9. The first kappa shape index (κ1) is 27.9. The first-order valence-corrected chi connectivity index (χ1v) is 15.2. The van der Waals surface area contributed by atoms with E-state index in [-0.39, 0.29) is 12.2 Å². The van der Waals surface area contributed by atoms with Gasteiger partial charge < -0.3 is 9.47 Å². The Morgan fingerprint density at radius 2 is 1.79 bits per heavy atom. The molecule has 0 aliphatic carbocycles. The lowest BCUT2D eigenvalue weighted by atomic mass is 9.96. The van der Waals surface area contributed by atoms with Crippen LogP contribution in [0, 0.1) is 0 Å². The van der Waals surface area contributed by atoms with Crippen LogP contribution in [-0.2, 0) is 16.1 Å². The Hall–Kier alpha value is -4.27. The molecule has 1 aliphatic rings. The molecule has 0 unspecified atom stereocenters. The lowest BCUT2D eigenvalue weighted by Crippen LogP contribution is -2.39. The molecule has 210 valence electrons. The molecule has 6 rings (SSSR count). The Morgan fingerprint density at radius 3 is 2.60 bits per heavy atom. The number of thiazole rings is 1. The number of allylic oxidation sites excluding steroid dienone is 1. The van der Waals surface area contributed by atoms with Crippen molar-refractivity contribution in [3.63, 3.8) is 0 Å². The van der Waals surface area contributed by atoms with Crippen LogP contribution in [0.15, 0.2) is 117 Å². The Balaban J connectivity index is 1.36. The van der Waals surface area contributed by atoms with E-state index < -0.39 is 12.0 Å². The number of carbonyl (C=O) groups excluding carboxylic acids is 1. The number of ether oxygens (including phenoxy) is 2. The second kappa shape index (κ2) is 11.9. The summed E-state index contributed by atoms with van der Waals surface area (Å²) in [6.07, 6.45) is 1.84. The molecule has 8 heteroatoms. The molecule has 1 aliphatic heterocycles. The van der Waals surface area contributed by atoms with Crippen LogP contribution in [0.25, 0.3) is 16.8 Å². The average Bonchev–Trinajstić information content (AvgIpc) is 3.29. The molecule has 5 aromatic rings. The molecule has 4 aromatic carbocycles. The van der Waals surface area contributed by atoms with Gasteiger partial charge in [-0.25, -0.2) is 9.79 Å². The number of fused-ring (bicyclic) bond motifs is 2. The van der Waals surface area contributed by atoms with Gasteiger partial charge in [0.15, 0.2) is 4.80 Å². The highest BCUT2D eigenvalue weighted by Gasteiger charge is 2.33. The van der Waals surface area contributed by atoms with Gasteiger partial charge in [0.25, 0.3) is 5.56 Å². The largest absolute Gasteiger partial charge is 0.489 e. The number of rotatable bonds is 7. The predicted molar refractivity (Wildman–Crippen MR) is 169 cm³/mol. The van der Waals surface area contributed by atoms with Crippen LogP contribution in [0.4, 0.5) is 0 Å². The highest BCUT2D eigenvalue weighted by atomic mass is 79.9. The molecular weight excluding hydrogens is 612 g/mol. The Labute approximate surface area is 255 Å². The summed E-state index contributed by atoms with van der Waals surface area (Å²) >= 11 is 4.77. The van der Waals surface area contributed by atoms with Crippen molar-refractivity contribution in [2.24, 2.45) is 4.99 Å². The van der Waals surface area contributed by atoms with Crippen molar-refractivity contribution in [3.8, 4) is 5.75 Å². The quantitative estimate of drug-likeness (QED) is 0.196. The van der Waals surface area contributed by atoms with E-state index in [4.69, 9.17) is 9.47 Å². The molecule has 0 saturated heterocycles. The number of benzene rings is 4. The van der Waals surface area contributed by atoms with E-state index >= 15 is 0 Å². The maximum Gasteiger partial charge on any atom is 0.338 e. The Bertz CT molecular complexity index is 2020. The monoisotopic (exact) mass is 638 g/mol. The number of halogens is 1. The number of hydrogen-bond acceptors (Lipinski definition) is 6. The van der Waals surface area contributed by atoms with Crippen LogP contribution in [-0.4, -0.2) is 17.1 Å². The summed E-state index contributed by atoms with van der Waals surface area (Å²) in [4.78, 5) is 32.2. The number of hydrogen-bond donors (Lipinski definition) is 0. The van der Waals surface area contributed by atoms with Gasteiger partial charge in [-0.15, -0.1) is 0 Å². The number of esters is 1. The zero-order chi connectivity index (χ0) is 29.2. The van der Waals surface area contributed by atoms with E-state index in [1.165, 1.54) is 16.7 Å². The van der Waals surface area contributed by atoms with Crippen molar-refractivity contribution in [3.05, 3.63) is 143 Å². The summed E-state index contributed by atoms with van der Waals surface area (Å²) in [6, 6.07) is 29.1. The van der Waals surface area contributed by atoms with Crippen molar-refractivity contribution >= 4 is 50.1 Å². The summed E-state index contributed by atoms with van der Waals surface area (Å²) in [5.74, 6) is 0.231. The van der Waals surface area contributed by atoms with E-state index in [0.717, 1.165) is 26.5 Å². The van der Waals surface area contributed by atoms with Gasteiger partial charge in [-0.2, -0.15) is 0 Å². The first-order valence-electron chi connectivity index (χ1n) is 13.6. The number of nitrogens with zero attached hydrogens (tertiary/aromatic N) is 2. The fourth-order valence-corrected chi connectivity index (χ4v) is 6.49. The van der Waals surface area contributed by atoms with Crippen molar-refractivity contribution in [2.45, 2.75) is 26.5 Å². The highest BCUT2D eigenvalue weighted by molar-refractivity contribution is 9.10. The molecule has 1 atom stereocenters. The number of carbonyl (C=O) groups is 1. The molecular formula is C34H27BrN2O4S. The molecule has 1 aromatic heterocycles. The van der Waals surface area contributed by atoms with Gasteiger partial charge in [0.1, 0.15) is 12.4 Å². The third-order valence-electron chi connectivity index (χ3n) is 7.13. The summed E-state index contributed by atoms with van der Waals surface area (Å²) in [6.45, 7) is 4.20. The average molecular weight is 640 g/mol. The minimum absolute atomic E-state index is 0.219. The molecule has 0 radical (unpaired) electrons. The fourth-order valence-electron chi connectivity index (χ4n) is 5.18. The molecule has 2 heterocycles. The van der Waals surface area contributed by atoms with Crippen molar-refractivity contribution in [1.82, 2.24) is 4.57 Å². The molecule has 0 amide bonds. The molecule has 0 saturated carbocycles. The molecule has 0 bridgehead atoms. The second-order valence-electron chi connectivity index (χ2n) is 9.85. The third kappa shape index (κ3) is 5.47. The molecule has 6 nitrogen and oxygen atoms in total. The summed E-state index contributed by atoms with van der Waals surface area (Å²) in [5.41, 5.74) is 3.42. The van der Waals surface area contributed by atoms with Crippen LogP contribution in [0.2, 0.25) is 0 Å². The van der Waals surface area contributed by atoms with E-state index in [1.54, 1.807) is 18.4 Å². The normalized spacial score (nSPS) is 14.9. The van der Waals surface area contributed by atoms with Gasteiger partial charge in [-0.3, -0.25) is 9.36 Å². The van der Waals surface area contributed by atoms with Gasteiger partial charge in [0.2, 0.25) is 0 Å².